The summed E-state index contributed by atoms with van der Waals surface area (Å²) in [6.07, 6.45) is 4.77. The molecule has 1 aliphatic heterocycles. The van der Waals surface area contributed by atoms with E-state index in [0.717, 1.165) is 24.2 Å². The van der Waals surface area contributed by atoms with E-state index in [-0.39, 0.29) is 6.04 Å². The summed E-state index contributed by atoms with van der Waals surface area (Å²) >= 11 is 0. The van der Waals surface area contributed by atoms with Gasteiger partial charge in [0.1, 0.15) is 12.4 Å². The molecule has 0 bridgehead atoms. The van der Waals surface area contributed by atoms with Crippen LogP contribution in [-0.4, -0.2) is 16.5 Å². The number of H-pyrrole nitrogens is 1. The van der Waals surface area contributed by atoms with Crippen molar-refractivity contribution in [3.8, 4) is 5.75 Å². The number of ether oxygens (including phenoxy) is 1. The molecule has 3 heterocycles. The van der Waals surface area contributed by atoms with Gasteiger partial charge in [0.15, 0.2) is 0 Å². The van der Waals surface area contributed by atoms with Gasteiger partial charge in [0, 0.05) is 40.9 Å². The summed E-state index contributed by atoms with van der Waals surface area (Å²) in [6, 6.07) is 25.5. The quantitative estimate of drug-likeness (QED) is 0.413. The van der Waals surface area contributed by atoms with E-state index in [9.17, 15) is 0 Å². The van der Waals surface area contributed by atoms with Crippen LogP contribution in [0.2, 0.25) is 0 Å². The lowest BCUT2D eigenvalue weighted by Gasteiger charge is -2.25. The summed E-state index contributed by atoms with van der Waals surface area (Å²) in [6.45, 7) is 1.53. The summed E-state index contributed by atoms with van der Waals surface area (Å²) < 4.78 is 6.08. The molecule has 31 heavy (non-hydrogen) atoms. The Balaban J connectivity index is 1.35. The third-order valence-electron chi connectivity index (χ3n) is 6.17. The van der Waals surface area contributed by atoms with E-state index in [4.69, 9.17) is 4.74 Å². The number of nitrogens with one attached hydrogen (secondary N) is 2. The second kappa shape index (κ2) is 7.56. The summed E-state index contributed by atoms with van der Waals surface area (Å²) in [4.78, 5) is 7.91. The Morgan fingerprint density at radius 2 is 1.87 bits per heavy atom. The summed E-state index contributed by atoms with van der Waals surface area (Å²) in [5.41, 5.74) is 6.26. The van der Waals surface area contributed by atoms with Gasteiger partial charge in [-0.15, -0.1) is 0 Å². The van der Waals surface area contributed by atoms with E-state index >= 15 is 0 Å². The highest BCUT2D eigenvalue weighted by Gasteiger charge is 2.25. The van der Waals surface area contributed by atoms with E-state index in [1.807, 2.05) is 30.6 Å². The molecule has 1 atom stereocenters. The number of rotatable bonds is 4. The van der Waals surface area contributed by atoms with Gasteiger partial charge in [0.2, 0.25) is 0 Å². The monoisotopic (exact) mass is 405 g/mol. The van der Waals surface area contributed by atoms with Crippen molar-refractivity contribution in [2.75, 3.05) is 6.54 Å². The van der Waals surface area contributed by atoms with E-state index < -0.39 is 0 Å². The maximum absolute atomic E-state index is 6.08. The minimum atomic E-state index is 0.155. The first-order valence-corrected chi connectivity index (χ1v) is 10.7. The van der Waals surface area contributed by atoms with Crippen molar-refractivity contribution < 1.29 is 4.74 Å². The fourth-order valence-corrected chi connectivity index (χ4v) is 4.60. The zero-order valence-corrected chi connectivity index (χ0v) is 17.1. The lowest BCUT2D eigenvalue weighted by atomic mass is 9.93. The summed E-state index contributed by atoms with van der Waals surface area (Å²) in [5, 5.41) is 7.34. The Hall–Kier alpha value is -3.63. The van der Waals surface area contributed by atoms with E-state index in [0.29, 0.717) is 6.61 Å². The third-order valence-corrected chi connectivity index (χ3v) is 6.17. The molecule has 0 fully saturated rings. The summed E-state index contributed by atoms with van der Waals surface area (Å²) in [5.74, 6) is 0.909. The van der Waals surface area contributed by atoms with Crippen LogP contribution in [0.25, 0.3) is 21.7 Å². The van der Waals surface area contributed by atoms with Crippen molar-refractivity contribution in [2.24, 2.45) is 0 Å². The number of aromatic amines is 1. The number of pyridine rings is 1. The molecule has 5 aromatic rings. The molecule has 4 heteroatoms. The van der Waals surface area contributed by atoms with Crippen LogP contribution in [0.4, 0.5) is 0 Å². The second-order valence-corrected chi connectivity index (χ2v) is 8.12. The highest BCUT2D eigenvalue weighted by molar-refractivity contribution is 5.87. The highest BCUT2D eigenvalue weighted by Crippen LogP contribution is 2.35. The Labute approximate surface area is 180 Å². The molecule has 0 spiro atoms. The minimum Gasteiger partial charge on any atom is -0.489 e. The lowest BCUT2D eigenvalue weighted by Crippen LogP contribution is -2.30. The Morgan fingerprint density at radius 1 is 0.935 bits per heavy atom. The molecule has 1 unspecified atom stereocenters. The number of aromatic nitrogens is 2. The summed E-state index contributed by atoms with van der Waals surface area (Å²) in [7, 11) is 0. The van der Waals surface area contributed by atoms with Gasteiger partial charge in [0.25, 0.3) is 0 Å². The molecule has 2 aromatic heterocycles. The van der Waals surface area contributed by atoms with Crippen LogP contribution in [0.3, 0.4) is 0 Å². The number of hydrogen-bond donors (Lipinski definition) is 2. The molecule has 0 amide bonds. The number of hydrogen-bond acceptors (Lipinski definition) is 3. The van der Waals surface area contributed by atoms with Crippen LogP contribution in [0.1, 0.15) is 28.4 Å². The van der Waals surface area contributed by atoms with Gasteiger partial charge >= 0.3 is 0 Å². The van der Waals surface area contributed by atoms with Gasteiger partial charge in [-0.2, -0.15) is 0 Å². The van der Waals surface area contributed by atoms with Gasteiger partial charge in [0.05, 0.1) is 6.04 Å². The smallest absolute Gasteiger partial charge is 0.120 e. The predicted octanol–water partition coefficient (Wildman–Crippen LogP) is 5.53. The molecule has 6 rings (SSSR count). The molecular weight excluding hydrogens is 382 g/mol. The van der Waals surface area contributed by atoms with E-state index in [2.05, 4.69) is 69.9 Å². The molecule has 3 aromatic carbocycles. The van der Waals surface area contributed by atoms with Crippen LogP contribution in [0.15, 0.2) is 85.2 Å². The average Bonchev–Trinajstić information content (AvgIpc) is 3.21. The fraction of sp³-hybridized carbons (Fsp3) is 0.148. The molecular formula is C27H23N3O. The zero-order chi connectivity index (χ0) is 20.6. The van der Waals surface area contributed by atoms with Gasteiger partial charge in [-0.25, -0.2) is 0 Å². The molecule has 152 valence electrons. The molecule has 1 aliphatic rings. The fourth-order valence-electron chi connectivity index (χ4n) is 4.60. The van der Waals surface area contributed by atoms with Gasteiger partial charge in [-0.05, 0) is 58.8 Å². The van der Waals surface area contributed by atoms with Crippen molar-refractivity contribution in [1.29, 1.82) is 0 Å². The normalized spacial score (nSPS) is 15.8. The van der Waals surface area contributed by atoms with Crippen molar-refractivity contribution in [3.05, 3.63) is 108 Å². The molecule has 0 saturated carbocycles. The standard InChI is InChI=1S/C27H23N3O/c1-2-4-18(5-3-1)17-31-22-8-9-25-24(15-22)23-11-13-29-26(27(23)30-25)20-6-7-21-16-28-12-10-19(21)14-20/h1-10,12,14-16,26,29-30H,11,13,17H2. The first-order valence-electron chi connectivity index (χ1n) is 10.7. The Bertz CT molecular complexity index is 1370. The van der Waals surface area contributed by atoms with Crippen LogP contribution in [0, 0.1) is 0 Å². The molecule has 0 saturated heterocycles. The average molecular weight is 406 g/mol. The zero-order valence-electron chi connectivity index (χ0n) is 17.1. The maximum Gasteiger partial charge on any atom is 0.120 e. The van der Waals surface area contributed by atoms with E-state index in [1.165, 1.54) is 38.5 Å². The maximum atomic E-state index is 6.08. The Morgan fingerprint density at radius 3 is 2.81 bits per heavy atom. The van der Waals surface area contributed by atoms with Crippen LogP contribution in [0.5, 0.6) is 5.75 Å². The largest absolute Gasteiger partial charge is 0.489 e. The van der Waals surface area contributed by atoms with Crippen molar-refractivity contribution in [3.63, 3.8) is 0 Å². The third kappa shape index (κ3) is 3.35. The number of nitrogens with zero attached hydrogens (tertiary/aromatic N) is 1. The molecule has 0 aliphatic carbocycles. The Kier molecular flexibility index (Phi) is 4.43. The van der Waals surface area contributed by atoms with Gasteiger partial charge < -0.3 is 15.0 Å². The number of fused-ring (bicyclic) bond motifs is 4. The van der Waals surface area contributed by atoms with Gasteiger partial charge in [-0.3, -0.25) is 4.98 Å². The van der Waals surface area contributed by atoms with Crippen molar-refractivity contribution >= 4 is 21.7 Å². The first kappa shape index (κ1) is 18.2. The minimum absolute atomic E-state index is 0.155. The lowest BCUT2D eigenvalue weighted by molar-refractivity contribution is 0.306. The van der Waals surface area contributed by atoms with Crippen molar-refractivity contribution in [1.82, 2.24) is 15.3 Å². The molecule has 2 N–H and O–H groups in total. The second-order valence-electron chi connectivity index (χ2n) is 8.12. The molecule has 0 radical (unpaired) electrons. The van der Waals surface area contributed by atoms with E-state index in [1.54, 1.807) is 0 Å². The first-order chi connectivity index (χ1) is 15.3. The number of benzene rings is 3. The highest BCUT2D eigenvalue weighted by atomic mass is 16.5. The van der Waals surface area contributed by atoms with Crippen LogP contribution >= 0.6 is 0 Å². The van der Waals surface area contributed by atoms with Crippen LogP contribution < -0.4 is 10.1 Å². The SMILES string of the molecule is c1ccc(COc2ccc3[nH]c4c(c3c2)CCNC4c2ccc3cnccc3c2)cc1. The van der Waals surface area contributed by atoms with Gasteiger partial charge in [-0.1, -0.05) is 42.5 Å². The topological polar surface area (TPSA) is 49.9 Å². The van der Waals surface area contributed by atoms with Crippen LogP contribution in [-0.2, 0) is 13.0 Å². The molecule has 4 nitrogen and oxygen atoms in total. The van der Waals surface area contributed by atoms with Crippen molar-refractivity contribution in [2.45, 2.75) is 19.1 Å². The predicted molar refractivity (Wildman–Crippen MR) is 124 cm³/mol.